The summed E-state index contributed by atoms with van der Waals surface area (Å²) in [6, 6.07) is 13.0. The Morgan fingerprint density at radius 2 is 2.00 bits per heavy atom. The van der Waals surface area contributed by atoms with Crippen molar-refractivity contribution in [1.29, 1.82) is 0 Å². The normalized spacial score (nSPS) is 10.6. The molecule has 0 atom stereocenters. The molecule has 6 nitrogen and oxygen atoms in total. The van der Waals surface area contributed by atoms with Crippen LogP contribution in [0.15, 0.2) is 48.7 Å². The number of aryl methyl sites for hydroxylation is 2. The SMILES string of the molecule is CNC(=O)c1cccc(NC(=O)CCn2ncc3ccc(C)cc32)c1. The molecule has 1 aromatic heterocycles. The zero-order valence-electron chi connectivity index (χ0n) is 14.2. The van der Waals surface area contributed by atoms with Crippen molar-refractivity contribution >= 4 is 28.4 Å². The van der Waals surface area contributed by atoms with Crippen LogP contribution in [0.3, 0.4) is 0 Å². The minimum absolute atomic E-state index is 0.120. The second-order valence-corrected chi connectivity index (χ2v) is 5.89. The van der Waals surface area contributed by atoms with Crippen LogP contribution in [0.5, 0.6) is 0 Å². The molecule has 25 heavy (non-hydrogen) atoms. The Kier molecular flexibility index (Phi) is 4.79. The maximum atomic E-state index is 12.2. The number of carbonyl (C=O) groups excluding carboxylic acids is 2. The van der Waals surface area contributed by atoms with Gasteiger partial charge in [-0.3, -0.25) is 14.3 Å². The molecule has 0 saturated carbocycles. The highest BCUT2D eigenvalue weighted by atomic mass is 16.2. The second kappa shape index (κ2) is 7.17. The van der Waals surface area contributed by atoms with Gasteiger partial charge in [0.15, 0.2) is 0 Å². The summed E-state index contributed by atoms with van der Waals surface area (Å²) in [5.74, 6) is -0.306. The van der Waals surface area contributed by atoms with Crippen LogP contribution < -0.4 is 10.6 Å². The van der Waals surface area contributed by atoms with E-state index in [1.165, 1.54) is 0 Å². The maximum absolute atomic E-state index is 12.2. The lowest BCUT2D eigenvalue weighted by Gasteiger charge is -2.08. The van der Waals surface area contributed by atoms with E-state index in [1.54, 1.807) is 37.5 Å². The van der Waals surface area contributed by atoms with E-state index in [-0.39, 0.29) is 11.8 Å². The number of aromatic nitrogens is 2. The highest BCUT2D eigenvalue weighted by Gasteiger charge is 2.08. The van der Waals surface area contributed by atoms with E-state index in [0.717, 1.165) is 16.5 Å². The predicted molar refractivity (Wildman–Crippen MR) is 97.5 cm³/mol. The van der Waals surface area contributed by atoms with E-state index >= 15 is 0 Å². The zero-order valence-corrected chi connectivity index (χ0v) is 14.2. The monoisotopic (exact) mass is 336 g/mol. The fraction of sp³-hybridized carbons (Fsp3) is 0.211. The molecule has 0 bridgehead atoms. The smallest absolute Gasteiger partial charge is 0.251 e. The molecule has 3 rings (SSSR count). The lowest BCUT2D eigenvalue weighted by Crippen LogP contribution is -2.19. The molecule has 0 unspecified atom stereocenters. The molecule has 1 heterocycles. The van der Waals surface area contributed by atoms with Crippen LogP contribution in [-0.2, 0) is 11.3 Å². The molecular weight excluding hydrogens is 316 g/mol. The molecular formula is C19H20N4O2. The summed E-state index contributed by atoms with van der Waals surface area (Å²) >= 11 is 0. The van der Waals surface area contributed by atoms with Crippen molar-refractivity contribution in [1.82, 2.24) is 15.1 Å². The topological polar surface area (TPSA) is 76.0 Å². The quantitative estimate of drug-likeness (QED) is 0.752. The lowest BCUT2D eigenvalue weighted by atomic mass is 10.2. The number of anilines is 1. The molecule has 0 spiro atoms. The number of fused-ring (bicyclic) bond motifs is 1. The van der Waals surface area contributed by atoms with Crippen LogP contribution in [0.2, 0.25) is 0 Å². The Balaban J connectivity index is 1.65. The molecule has 0 radical (unpaired) electrons. The number of hydrogen-bond donors (Lipinski definition) is 2. The van der Waals surface area contributed by atoms with Crippen LogP contribution >= 0.6 is 0 Å². The molecule has 3 aromatic rings. The molecule has 0 saturated heterocycles. The molecule has 0 aliphatic heterocycles. The van der Waals surface area contributed by atoms with Crippen LogP contribution in [0.1, 0.15) is 22.3 Å². The Labute approximate surface area is 145 Å². The van der Waals surface area contributed by atoms with Gasteiger partial charge in [0.25, 0.3) is 5.91 Å². The van der Waals surface area contributed by atoms with Gasteiger partial charge in [0.05, 0.1) is 18.3 Å². The first-order valence-electron chi connectivity index (χ1n) is 8.11. The van der Waals surface area contributed by atoms with Crippen molar-refractivity contribution in [3.05, 3.63) is 59.8 Å². The van der Waals surface area contributed by atoms with E-state index < -0.39 is 0 Å². The summed E-state index contributed by atoms with van der Waals surface area (Å²) in [5, 5.41) is 10.8. The summed E-state index contributed by atoms with van der Waals surface area (Å²) in [7, 11) is 1.57. The highest BCUT2D eigenvalue weighted by Crippen LogP contribution is 2.16. The average molecular weight is 336 g/mol. The van der Waals surface area contributed by atoms with Gasteiger partial charge in [-0.15, -0.1) is 0 Å². The largest absolute Gasteiger partial charge is 0.355 e. The van der Waals surface area contributed by atoms with Gasteiger partial charge in [0.1, 0.15) is 0 Å². The van der Waals surface area contributed by atoms with Gasteiger partial charge in [0.2, 0.25) is 5.91 Å². The Hall–Kier alpha value is -3.15. The molecule has 2 amide bonds. The van der Waals surface area contributed by atoms with Crippen molar-refractivity contribution in [2.24, 2.45) is 0 Å². The van der Waals surface area contributed by atoms with Crippen molar-refractivity contribution in [2.45, 2.75) is 19.9 Å². The third-order valence-electron chi connectivity index (χ3n) is 3.99. The van der Waals surface area contributed by atoms with Crippen LogP contribution in [-0.4, -0.2) is 28.6 Å². The first-order valence-corrected chi connectivity index (χ1v) is 8.11. The molecule has 0 fully saturated rings. The molecule has 2 N–H and O–H groups in total. The Morgan fingerprint density at radius 1 is 1.16 bits per heavy atom. The highest BCUT2D eigenvalue weighted by molar-refractivity contribution is 5.97. The van der Waals surface area contributed by atoms with Crippen molar-refractivity contribution in [3.8, 4) is 0 Å². The summed E-state index contributed by atoms with van der Waals surface area (Å²) in [6.07, 6.45) is 2.11. The maximum Gasteiger partial charge on any atom is 0.251 e. The van der Waals surface area contributed by atoms with Gasteiger partial charge in [-0.25, -0.2) is 0 Å². The van der Waals surface area contributed by atoms with Gasteiger partial charge in [0, 0.05) is 30.1 Å². The fourth-order valence-corrected chi connectivity index (χ4v) is 2.67. The number of carbonyl (C=O) groups is 2. The minimum Gasteiger partial charge on any atom is -0.355 e. The molecule has 2 aromatic carbocycles. The summed E-state index contributed by atoms with van der Waals surface area (Å²) < 4.78 is 1.84. The number of nitrogens with zero attached hydrogens (tertiary/aromatic N) is 2. The predicted octanol–water partition coefficient (Wildman–Crippen LogP) is 2.73. The summed E-state index contributed by atoms with van der Waals surface area (Å²) in [5.41, 5.74) is 3.29. The second-order valence-electron chi connectivity index (χ2n) is 5.89. The molecule has 0 aliphatic carbocycles. The number of rotatable bonds is 5. The molecule has 128 valence electrons. The van der Waals surface area contributed by atoms with Crippen LogP contribution in [0, 0.1) is 6.92 Å². The average Bonchev–Trinajstić information content (AvgIpc) is 3.01. The Bertz CT molecular complexity index is 930. The fourth-order valence-electron chi connectivity index (χ4n) is 2.67. The number of benzene rings is 2. The van der Waals surface area contributed by atoms with E-state index in [0.29, 0.717) is 24.2 Å². The minimum atomic E-state index is -0.186. The van der Waals surface area contributed by atoms with Crippen molar-refractivity contribution in [2.75, 3.05) is 12.4 Å². The summed E-state index contributed by atoms with van der Waals surface area (Å²) in [6.45, 7) is 2.52. The lowest BCUT2D eigenvalue weighted by molar-refractivity contribution is -0.116. The van der Waals surface area contributed by atoms with Gasteiger partial charge < -0.3 is 10.6 Å². The first-order chi connectivity index (χ1) is 12.1. The standard InChI is InChI=1S/C19H20N4O2/c1-13-6-7-15-12-21-23(17(15)10-13)9-8-18(24)22-16-5-3-4-14(11-16)19(25)20-2/h3-7,10-12H,8-9H2,1-2H3,(H,20,25)(H,22,24). The first kappa shape index (κ1) is 16.7. The van der Waals surface area contributed by atoms with E-state index in [1.807, 2.05) is 23.7 Å². The molecule has 6 heteroatoms. The van der Waals surface area contributed by atoms with Crippen LogP contribution in [0.25, 0.3) is 10.9 Å². The number of nitrogens with one attached hydrogen (secondary N) is 2. The van der Waals surface area contributed by atoms with Crippen molar-refractivity contribution < 1.29 is 9.59 Å². The third kappa shape index (κ3) is 3.85. The Morgan fingerprint density at radius 3 is 2.80 bits per heavy atom. The van der Waals surface area contributed by atoms with Gasteiger partial charge >= 0.3 is 0 Å². The zero-order chi connectivity index (χ0) is 17.8. The van der Waals surface area contributed by atoms with E-state index in [4.69, 9.17) is 0 Å². The van der Waals surface area contributed by atoms with Crippen LogP contribution in [0.4, 0.5) is 5.69 Å². The van der Waals surface area contributed by atoms with Gasteiger partial charge in [-0.1, -0.05) is 18.2 Å². The summed E-state index contributed by atoms with van der Waals surface area (Å²) in [4.78, 5) is 23.9. The van der Waals surface area contributed by atoms with Crippen molar-refractivity contribution in [3.63, 3.8) is 0 Å². The van der Waals surface area contributed by atoms with Gasteiger partial charge in [-0.05, 0) is 36.8 Å². The van der Waals surface area contributed by atoms with E-state index in [9.17, 15) is 9.59 Å². The molecule has 0 aliphatic rings. The number of amides is 2. The van der Waals surface area contributed by atoms with Gasteiger partial charge in [-0.2, -0.15) is 5.10 Å². The van der Waals surface area contributed by atoms with E-state index in [2.05, 4.69) is 21.8 Å². The number of hydrogen-bond acceptors (Lipinski definition) is 3. The third-order valence-corrected chi connectivity index (χ3v) is 3.99.